The van der Waals surface area contributed by atoms with Crippen LogP contribution in [0.25, 0.3) is 0 Å². The number of allylic oxidation sites excluding steroid dienone is 2. The fraction of sp³-hybridized carbons (Fsp3) is 0.353. The topological polar surface area (TPSA) is 92.7 Å². The van der Waals surface area contributed by atoms with E-state index in [0.717, 1.165) is 0 Å². The van der Waals surface area contributed by atoms with Crippen molar-refractivity contribution >= 4 is 23.5 Å². The van der Waals surface area contributed by atoms with E-state index in [9.17, 15) is 19.5 Å². The Hall–Kier alpha value is -2.63. The maximum Gasteiger partial charge on any atom is 0.339 e. The summed E-state index contributed by atoms with van der Waals surface area (Å²) in [4.78, 5) is 35.9. The van der Waals surface area contributed by atoms with E-state index in [1.54, 1.807) is 24.3 Å². The molecule has 0 spiro atoms. The number of anilines is 1. The predicted molar refractivity (Wildman–Crippen MR) is 81.8 cm³/mol. The van der Waals surface area contributed by atoms with Crippen LogP contribution in [-0.2, 0) is 14.3 Å². The van der Waals surface area contributed by atoms with Crippen molar-refractivity contribution in [3.8, 4) is 0 Å². The highest BCUT2D eigenvalue weighted by Gasteiger charge is 2.51. The molecule has 0 radical (unpaired) electrons. The maximum absolute atomic E-state index is 12.6. The van der Waals surface area contributed by atoms with E-state index in [0.29, 0.717) is 12.1 Å². The van der Waals surface area contributed by atoms with Gasteiger partial charge in [0.05, 0.1) is 30.2 Å². The number of esters is 1. The van der Waals surface area contributed by atoms with Crippen LogP contribution in [-0.4, -0.2) is 30.1 Å². The van der Waals surface area contributed by atoms with Crippen LogP contribution in [0, 0.1) is 23.7 Å². The minimum Gasteiger partial charge on any atom is -0.481 e. The molecular formula is C17H17NO5. The van der Waals surface area contributed by atoms with E-state index < -0.39 is 23.8 Å². The first kappa shape index (κ1) is 15.3. The first-order valence-corrected chi connectivity index (χ1v) is 7.42. The molecule has 2 aliphatic rings. The average Bonchev–Trinajstić information content (AvgIpc) is 3.15. The SMILES string of the molecule is COC(=O)c1ccccc1NC(=O)[C@@H]1[C@@H](C(=O)O)[C@H]2C=C[C@@H]1C2. The number of hydrogen-bond acceptors (Lipinski definition) is 4. The lowest BCUT2D eigenvalue weighted by Crippen LogP contribution is -2.36. The van der Waals surface area contributed by atoms with Crippen LogP contribution < -0.4 is 5.32 Å². The third kappa shape index (κ3) is 2.60. The molecule has 1 aromatic carbocycles. The van der Waals surface area contributed by atoms with Crippen LogP contribution >= 0.6 is 0 Å². The highest BCUT2D eigenvalue weighted by Crippen LogP contribution is 2.48. The quantitative estimate of drug-likeness (QED) is 0.654. The van der Waals surface area contributed by atoms with E-state index in [2.05, 4.69) is 5.32 Å². The number of nitrogens with one attached hydrogen (secondary N) is 1. The number of carbonyl (C=O) groups excluding carboxylic acids is 2. The van der Waals surface area contributed by atoms with Crippen LogP contribution in [0.1, 0.15) is 16.8 Å². The van der Waals surface area contributed by atoms with E-state index in [1.807, 2.05) is 12.2 Å². The normalized spacial score (nSPS) is 27.7. The Morgan fingerprint density at radius 3 is 2.43 bits per heavy atom. The molecule has 1 amide bonds. The molecule has 2 aliphatic carbocycles. The van der Waals surface area contributed by atoms with Gasteiger partial charge >= 0.3 is 11.9 Å². The summed E-state index contributed by atoms with van der Waals surface area (Å²) in [6.07, 6.45) is 4.49. The lowest BCUT2D eigenvalue weighted by atomic mass is 9.82. The summed E-state index contributed by atoms with van der Waals surface area (Å²) in [6.45, 7) is 0. The maximum atomic E-state index is 12.6. The summed E-state index contributed by atoms with van der Waals surface area (Å²) in [7, 11) is 1.27. The van der Waals surface area contributed by atoms with Crippen LogP contribution in [0.5, 0.6) is 0 Å². The molecule has 2 bridgehead atoms. The minimum absolute atomic E-state index is 0.0635. The van der Waals surface area contributed by atoms with Gasteiger partial charge in [0.1, 0.15) is 0 Å². The zero-order chi connectivity index (χ0) is 16.6. The Morgan fingerprint density at radius 1 is 1.13 bits per heavy atom. The zero-order valence-electron chi connectivity index (χ0n) is 12.6. The number of carboxylic acids is 1. The van der Waals surface area contributed by atoms with Gasteiger partial charge in [-0.25, -0.2) is 4.79 Å². The second-order valence-corrected chi connectivity index (χ2v) is 5.86. The van der Waals surface area contributed by atoms with Crippen molar-refractivity contribution < 1.29 is 24.2 Å². The second kappa shape index (κ2) is 5.87. The number of benzene rings is 1. The first-order chi connectivity index (χ1) is 11.0. The van der Waals surface area contributed by atoms with Gasteiger partial charge in [0.15, 0.2) is 0 Å². The monoisotopic (exact) mass is 315 g/mol. The van der Waals surface area contributed by atoms with Crippen molar-refractivity contribution in [3.63, 3.8) is 0 Å². The lowest BCUT2D eigenvalue weighted by Gasteiger charge is -2.24. The summed E-state index contributed by atoms with van der Waals surface area (Å²) in [5.74, 6) is -3.36. The number of ether oxygens (including phenoxy) is 1. The average molecular weight is 315 g/mol. The first-order valence-electron chi connectivity index (χ1n) is 7.42. The Balaban J connectivity index is 1.84. The molecule has 1 saturated carbocycles. The van der Waals surface area contributed by atoms with E-state index in [1.165, 1.54) is 7.11 Å². The number of para-hydroxylation sites is 1. The molecule has 23 heavy (non-hydrogen) atoms. The van der Waals surface area contributed by atoms with Crippen molar-refractivity contribution in [2.75, 3.05) is 12.4 Å². The van der Waals surface area contributed by atoms with Crippen LogP contribution in [0.15, 0.2) is 36.4 Å². The number of methoxy groups -OCH3 is 1. The molecule has 0 aliphatic heterocycles. The molecule has 6 nitrogen and oxygen atoms in total. The molecule has 0 unspecified atom stereocenters. The van der Waals surface area contributed by atoms with Gasteiger partial charge in [0.2, 0.25) is 5.91 Å². The van der Waals surface area contributed by atoms with Gasteiger partial charge in [0, 0.05) is 0 Å². The minimum atomic E-state index is -0.955. The Kier molecular flexibility index (Phi) is 3.90. The van der Waals surface area contributed by atoms with Crippen LogP contribution in [0.4, 0.5) is 5.69 Å². The summed E-state index contributed by atoms with van der Waals surface area (Å²) < 4.78 is 4.70. The van der Waals surface area contributed by atoms with Crippen molar-refractivity contribution in [1.82, 2.24) is 0 Å². The van der Waals surface area contributed by atoms with Gasteiger partial charge in [-0.05, 0) is 30.4 Å². The molecule has 0 saturated heterocycles. The van der Waals surface area contributed by atoms with Gasteiger partial charge in [-0.3, -0.25) is 9.59 Å². The summed E-state index contributed by atoms with van der Waals surface area (Å²) in [6, 6.07) is 6.51. The molecule has 6 heteroatoms. The zero-order valence-corrected chi connectivity index (χ0v) is 12.6. The summed E-state index contributed by atoms with van der Waals surface area (Å²) >= 11 is 0. The summed E-state index contributed by atoms with van der Waals surface area (Å²) in [5, 5.41) is 12.1. The lowest BCUT2D eigenvalue weighted by molar-refractivity contribution is -0.146. The Labute approximate surface area is 133 Å². The van der Waals surface area contributed by atoms with Crippen LogP contribution in [0.2, 0.25) is 0 Å². The Morgan fingerprint density at radius 2 is 1.78 bits per heavy atom. The highest BCUT2D eigenvalue weighted by molar-refractivity contribution is 6.03. The summed E-state index contributed by atoms with van der Waals surface area (Å²) in [5.41, 5.74) is 0.578. The fourth-order valence-electron chi connectivity index (χ4n) is 3.61. The van der Waals surface area contributed by atoms with E-state index in [-0.39, 0.29) is 23.3 Å². The van der Waals surface area contributed by atoms with Gasteiger partial charge in [0.25, 0.3) is 0 Å². The molecule has 3 rings (SSSR count). The number of rotatable bonds is 4. The second-order valence-electron chi connectivity index (χ2n) is 5.86. The number of amides is 1. The largest absolute Gasteiger partial charge is 0.481 e. The van der Waals surface area contributed by atoms with Crippen LogP contribution in [0.3, 0.4) is 0 Å². The van der Waals surface area contributed by atoms with Crippen molar-refractivity contribution in [2.45, 2.75) is 6.42 Å². The standard InChI is InChI=1S/C17H17NO5/c1-23-17(22)11-4-2-3-5-12(11)18-15(19)13-9-6-7-10(8-9)14(13)16(20)21/h2-7,9-10,13-14H,8H2,1H3,(H,18,19)(H,20,21)/t9-,10+,13+,14+/m1/s1. The third-order valence-electron chi connectivity index (χ3n) is 4.64. The van der Waals surface area contributed by atoms with Crippen molar-refractivity contribution in [3.05, 3.63) is 42.0 Å². The number of carbonyl (C=O) groups is 3. The molecule has 2 N–H and O–H groups in total. The van der Waals surface area contributed by atoms with Crippen molar-refractivity contribution in [2.24, 2.45) is 23.7 Å². The fourth-order valence-corrected chi connectivity index (χ4v) is 3.61. The molecular weight excluding hydrogens is 298 g/mol. The third-order valence-corrected chi connectivity index (χ3v) is 4.64. The van der Waals surface area contributed by atoms with Gasteiger partial charge in [-0.2, -0.15) is 0 Å². The number of fused-ring (bicyclic) bond motifs is 2. The van der Waals surface area contributed by atoms with Gasteiger partial charge < -0.3 is 15.2 Å². The predicted octanol–water partition coefficient (Wildman–Crippen LogP) is 1.93. The number of carboxylic acid groups (broad SMARTS) is 1. The highest BCUT2D eigenvalue weighted by atomic mass is 16.5. The molecule has 4 atom stereocenters. The Bertz CT molecular complexity index is 696. The molecule has 120 valence electrons. The van der Waals surface area contributed by atoms with E-state index in [4.69, 9.17) is 4.74 Å². The van der Waals surface area contributed by atoms with Gasteiger partial charge in [-0.15, -0.1) is 0 Å². The van der Waals surface area contributed by atoms with Gasteiger partial charge in [-0.1, -0.05) is 24.3 Å². The number of hydrogen-bond donors (Lipinski definition) is 2. The number of aliphatic carboxylic acids is 1. The van der Waals surface area contributed by atoms with E-state index >= 15 is 0 Å². The molecule has 1 aromatic rings. The molecule has 0 heterocycles. The molecule has 0 aromatic heterocycles. The van der Waals surface area contributed by atoms with Crippen molar-refractivity contribution in [1.29, 1.82) is 0 Å². The molecule has 1 fully saturated rings. The smallest absolute Gasteiger partial charge is 0.339 e.